The molecule has 5 nitrogen and oxygen atoms in total. The predicted molar refractivity (Wildman–Crippen MR) is 79.9 cm³/mol. The molecule has 2 heterocycles. The first-order valence-corrected chi connectivity index (χ1v) is 7.36. The largest absolute Gasteiger partial charge is 0.352 e. The molecule has 2 aromatic rings. The van der Waals surface area contributed by atoms with Gasteiger partial charge < -0.3 is 9.88 Å². The van der Waals surface area contributed by atoms with Crippen LogP contribution in [0.15, 0.2) is 18.2 Å². The minimum Gasteiger partial charge on any atom is -0.352 e. The van der Waals surface area contributed by atoms with Crippen LogP contribution in [0.3, 0.4) is 0 Å². The van der Waals surface area contributed by atoms with Gasteiger partial charge in [0.25, 0.3) is 0 Å². The second kappa shape index (κ2) is 5.38. The van der Waals surface area contributed by atoms with Gasteiger partial charge in [0.15, 0.2) is 0 Å². The lowest BCUT2D eigenvalue weighted by molar-refractivity contribution is -0.119. The molecular weight excluding hydrogens is 288 g/mol. The Bertz CT molecular complexity index is 744. The third-order valence-corrected chi connectivity index (χ3v) is 3.97. The number of nitriles is 1. The van der Waals surface area contributed by atoms with Crippen LogP contribution in [0.4, 0.5) is 0 Å². The zero-order chi connectivity index (χ0) is 15.0. The molecule has 0 saturated carbocycles. The molecule has 1 saturated heterocycles. The van der Waals surface area contributed by atoms with Crippen LogP contribution in [0.25, 0.3) is 11.0 Å². The van der Waals surface area contributed by atoms with Gasteiger partial charge in [0, 0.05) is 19.0 Å². The Morgan fingerprint density at radius 1 is 1.62 bits per heavy atom. The van der Waals surface area contributed by atoms with E-state index in [4.69, 9.17) is 11.6 Å². The Labute approximate surface area is 127 Å². The van der Waals surface area contributed by atoms with E-state index in [-0.39, 0.29) is 17.3 Å². The molecule has 2 unspecified atom stereocenters. The van der Waals surface area contributed by atoms with E-state index < -0.39 is 0 Å². The fraction of sp³-hybridized carbons (Fsp3) is 0.400. The summed E-state index contributed by atoms with van der Waals surface area (Å²) in [5.41, 5.74) is 2.10. The summed E-state index contributed by atoms with van der Waals surface area (Å²) in [7, 11) is 0. The lowest BCUT2D eigenvalue weighted by atomic mass is 10.2. The van der Waals surface area contributed by atoms with Crippen LogP contribution in [-0.2, 0) is 11.3 Å². The molecule has 0 aliphatic carbocycles. The van der Waals surface area contributed by atoms with Crippen LogP contribution in [0.2, 0.25) is 0 Å². The number of imidazole rings is 1. The summed E-state index contributed by atoms with van der Waals surface area (Å²) >= 11 is 6.24. The Kier molecular flexibility index (Phi) is 3.56. The predicted octanol–water partition coefficient (Wildman–Crippen LogP) is 2.49. The molecule has 0 radical (unpaired) electrons. The van der Waals surface area contributed by atoms with Gasteiger partial charge >= 0.3 is 0 Å². The van der Waals surface area contributed by atoms with Crippen LogP contribution in [0.5, 0.6) is 0 Å². The lowest BCUT2D eigenvalue weighted by Crippen LogP contribution is -2.30. The van der Waals surface area contributed by atoms with E-state index in [1.165, 1.54) is 0 Å². The monoisotopic (exact) mass is 302 g/mol. The van der Waals surface area contributed by atoms with Gasteiger partial charge in [-0.1, -0.05) is 6.07 Å². The van der Waals surface area contributed by atoms with Crippen LogP contribution in [0.1, 0.15) is 36.5 Å². The van der Waals surface area contributed by atoms with E-state index in [1.807, 2.05) is 23.6 Å². The van der Waals surface area contributed by atoms with Crippen LogP contribution in [0, 0.1) is 11.3 Å². The van der Waals surface area contributed by atoms with Gasteiger partial charge in [-0.3, -0.25) is 4.79 Å². The standard InChI is InChI=1S/C15H15ClN4O/c1-9(16)15-19-14-10(7-17)3-2-4-12(14)20(15)8-11-5-6-13(21)18-11/h2-4,9,11H,5-6,8H2,1H3,(H,18,21). The molecule has 1 aliphatic heterocycles. The number of hydrogen-bond acceptors (Lipinski definition) is 3. The SMILES string of the molecule is CC(Cl)c1nc2c(C#N)cccc2n1CC1CCC(=O)N1. The van der Waals surface area contributed by atoms with Crippen molar-refractivity contribution in [1.82, 2.24) is 14.9 Å². The fourth-order valence-corrected chi connectivity index (χ4v) is 2.95. The first kappa shape index (κ1) is 13.9. The van der Waals surface area contributed by atoms with Crippen LogP contribution < -0.4 is 5.32 Å². The van der Waals surface area contributed by atoms with Crippen molar-refractivity contribution in [2.45, 2.75) is 37.7 Å². The third-order valence-electron chi connectivity index (χ3n) is 3.77. The summed E-state index contributed by atoms with van der Waals surface area (Å²) in [6, 6.07) is 7.78. The molecule has 21 heavy (non-hydrogen) atoms. The van der Waals surface area contributed by atoms with Crippen molar-refractivity contribution in [2.75, 3.05) is 0 Å². The van der Waals surface area contributed by atoms with Crippen molar-refractivity contribution < 1.29 is 4.79 Å². The average Bonchev–Trinajstić information content (AvgIpc) is 3.03. The van der Waals surface area contributed by atoms with E-state index in [0.717, 1.165) is 17.8 Å². The highest BCUT2D eigenvalue weighted by Gasteiger charge is 2.24. The number of benzene rings is 1. The number of carbonyl (C=O) groups is 1. The number of carbonyl (C=O) groups excluding carboxylic acids is 1. The molecule has 1 aromatic heterocycles. The molecule has 1 N–H and O–H groups in total. The van der Waals surface area contributed by atoms with Gasteiger partial charge in [0.2, 0.25) is 5.91 Å². The number of aromatic nitrogens is 2. The summed E-state index contributed by atoms with van der Waals surface area (Å²) in [4.78, 5) is 15.9. The Morgan fingerprint density at radius 2 is 2.43 bits per heavy atom. The normalized spacial score (nSPS) is 19.5. The van der Waals surface area contributed by atoms with Gasteiger partial charge in [-0.2, -0.15) is 5.26 Å². The molecule has 3 rings (SSSR count). The Balaban J connectivity index is 2.08. The number of nitrogens with zero attached hydrogens (tertiary/aromatic N) is 3. The number of alkyl halides is 1. The first-order chi connectivity index (χ1) is 10.1. The number of nitrogens with one attached hydrogen (secondary N) is 1. The van der Waals surface area contributed by atoms with Crippen molar-refractivity contribution in [2.24, 2.45) is 0 Å². The number of halogens is 1. The van der Waals surface area contributed by atoms with Gasteiger partial charge in [-0.15, -0.1) is 11.6 Å². The van der Waals surface area contributed by atoms with Crippen LogP contribution in [-0.4, -0.2) is 21.5 Å². The molecule has 0 spiro atoms. The molecule has 108 valence electrons. The van der Waals surface area contributed by atoms with Crippen molar-refractivity contribution in [3.8, 4) is 6.07 Å². The molecule has 1 aliphatic rings. The Morgan fingerprint density at radius 3 is 3.05 bits per heavy atom. The summed E-state index contributed by atoms with van der Waals surface area (Å²) in [5.74, 6) is 0.818. The minimum atomic E-state index is -0.263. The summed E-state index contributed by atoms with van der Waals surface area (Å²) in [6.07, 6.45) is 1.37. The van der Waals surface area contributed by atoms with Gasteiger partial charge in [0.1, 0.15) is 17.4 Å². The topological polar surface area (TPSA) is 70.7 Å². The number of hydrogen-bond donors (Lipinski definition) is 1. The molecule has 6 heteroatoms. The summed E-state index contributed by atoms with van der Waals surface area (Å²) in [5, 5.41) is 11.9. The quantitative estimate of drug-likeness (QED) is 0.886. The molecule has 1 aromatic carbocycles. The Hall–Kier alpha value is -2.06. The second-order valence-corrected chi connectivity index (χ2v) is 5.94. The second-order valence-electron chi connectivity index (χ2n) is 5.28. The maximum atomic E-state index is 11.4. The van der Waals surface area contributed by atoms with Crippen molar-refractivity contribution in [1.29, 1.82) is 5.26 Å². The van der Waals surface area contributed by atoms with Crippen molar-refractivity contribution in [3.05, 3.63) is 29.6 Å². The number of rotatable bonds is 3. The molecule has 1 amide bonds. The zero-order valence-corrected chi connectivity index (χ0v) is 12.4. The van der Waals surface area contributed by atoms with Gasteiger partial charge in [-0.05, 0) is 25.5 Å². The number of fused-ring (bicyclic) bond motifs is 1. The van der Waals surface area contributed by atoms with E-state index >= 15 is 0 Å². The maximum Gasteiger partial charge on any atom is 0.220 e. The smallest absolute Gasteiger partial charge is 0.220 e. The fourth-order valence-electron chi connectivity index (χ4n) is 2.79. The highest BCUT2D eigenvalue weighted by atomic mass is 35.5. The maximum absolute atomic E-state index is 11.4. The first-order valence-electron chi connectivity index (χ1n) is 6.93. The average molecular weight is 303 g/mol. The van der Waals surface area contributed by atoms with E-state index in [2.05, 4.69) is 16.4 Å². The molecule has 2 atom stereocenters. The molecular formula is C15H15ClN4O. The van der Waals surface area contributed by atoms with Gasteiger partial charge in [-0.25, -0.2) is 4.98 Å². The van der Waals surface area contributed by atoms with Gasteiger partial charge in [0.05, 0.1) is 16.5 Å². The molecule has 0 bridgehead atoms. The van der Waals surface area contributed by atoms with E-state index in [9.17, 15) is 10.1 Å². The summed E-state index contributed by atoms with van der Waals surface area (Å²) < 4.78 is 2.02. The minimum absolute atomic E-state index is 0.0857. The van der Waals surface area contributed by atoms with Crippen LogP contribution >= 0.6 is 11.6 Å². The number of amides is 1. The highest BCUT2D eigenvalue weighted by molar-refractivity contribution is 6.20. The highest BCUT2D eigenvalue weighted by Crippen LogP contribution is 2.27. The third kappa shape index (κ3) is 2.47. The van der Waals surface area contributed by atoms with E-state index in [1.54, 1.807) is 6.07 Å². The van der Waals surface area contributed by atoms with Crippen molar-refractivity contribution in [3.63, 3.8) is 0 Å². The lowest BCUT2D eigenvalue weighted by Gasteiger charge is -2.15. The zero-order valence-electron chi connectivity index (χ0n) is 11.6. The molecule has 1 fully saturated rings. The van der Waals surface area contributed by atoms with E-state index in [0.29, 0.717) is 24.0 Å². The number of para-hydroxylation sites is 1. The summed E-state index contributed by atoms with van der Waals surface area (Å²) in [6.45, 7) is 2.49. The van der Waals surface area contributed by atoms with Crippen molar-refractivity contribution >= 4 is 28.5 Å².